The highest BCUT2D eigenvalue weighted by atomic mass is 16.5. The molecule has 1 fully saturated rings. The summed E-state index contributed by atoms with van der Waals surface area (Å²) >= 11 is 0. The molecule has 1 N–H and O–H groups in total. The van der Waals surface area contributed by atoms with E-state index in [2.05, 4.69) is 53.1 Å². The normalized spacial score (nSPS) is 25.7. The van der Waals surface area contributed by atoms with Crippen LogP contribution in [0.5, 0.6) is 5.75 Å². The van der Waals surface area contributed by atoms with Gasteiger partial charge in [-0.1, -0.05) is 0 Å². The highest BCUT2D eigenvalue weighted by Gasteiger charge is 2.56. The summed E-state index contributed by atoms with van der Waals surface area (Å²) in [6.45, 7) is 7.01. The van der Waals surface area contributed by atoms with Gasteiger partial charge in [0.05, 0.1) is 18.6 Å². The van der Waals surface area contributed by atoms with Crippen LogP contribution < -0.4 is 10.1 Å². The van der Waals surface area contributed by atoms with Crippen LogP contribution in [0.3, 0.4) is 0 Å². The second-order valence-corrected chi connectivity index (χ2v) is 5.94. The van der Waals surface area contributed by atoms with Crippen molar-refractivity contribution in [1.29, 1.82) is 0 Å². The Morgan fingerprint density at radius 2 is 2.24 bits per heavy atom. The molecule has 1 aromatic carbocycles. The Balaban J connectivity index is 1.64. The maximum atomic E-state index is 5.93. The quantitative estimate of drug-likeness (QED) is 0.936. The molecule has 21 heavy (non-hydrogen) atoms. The molecule has 1 saturated carbocycles. The number of hydrogen-bond donors (Lipinski definition) is 1. The van der Waals surface area contributed by atoms with Crippen molar-refractivity contribution >= 4 is 5.69 Å². The summed E-state index contributed by atoms with van der Waals surface area (Å²) in [7, 11) is 0. The van der Waals surface area contributed by atoms with Gasteiger partial charge in [0, 0.05) is 48.3 Å². The van der Waals surface area contributed by atoms with Crippen molar-refractivity contribution in [1.82, 2.24) is 9.55 Å². The Morgan fingerprint density at radius 1 is 1.33 bits per heavy atom. The maximum Gasteiger partial charge on any atom is 0.122 e. The van der Waals surface area contributed by atoms with E-state index >= 15 is 0 Å². The zero-order valence-electron chi connectivity index (χ0n) is 12.5. The van der Waals surface area contributed by atoms with Crippen LogP contribution in [-0.2, 0) is 6.54 Å². The number of ether oxygens (including phenoxy) is 1. The molecule has 1 aromatic heterocycles. The van der Waals surface area contributed by atoms with Crippen LogP contribution in [0.25, 0.3) is 0 Å². The number of hydrogen-bond acceptors (Lipinski definition) is 3. The van der Waals surface area contributed by atoms with Crippen molar-refractivity contribution in [3.05, 3.63) is 42.0 Å². The Morgan fingerprint density at radius 3 is 3.00 bits per heavy atom. The fourth-order valence-electron chi connectivity index (χ4n) is 3.57. The molecule has 3 atom stereocenters. The minimum atomic E-state index is 0.524. The van der Waals surface area contributed by atoms with E-state index in [1.807, 2.05) is 6.33 Å². The monoisotopic (exact) mass is 283 g/mol. The molecule has 0 bridgehead atoms. The highest BCUT2D eigenvalue weighted by molar-refractivity contribution is 5.56. The number of fused-ring (bicyclic) bond motifs is 3. The van der Waals surface area contributed by atoms with E-state index < -0.39 is 0 Å². The Hall–Kier alpha value is -1.97. The zero-order chi connectivity index (χ0) is 14.4. The largest absolute Gasteiger partial charge is 0.493 e. The molecule has 2 heterocycles. The van der Waals surface area contributed by atoms with Crippen LogP contribution in [0.15, 0.2) is 30.7 Å². The Kier molecular flexibility index (Phi) is 2.91. The zero-order valence-corrected chi connectivity index (χ0v) is 12.5. The summed E-state index contributed by atoms with van der Waals surface area (Å²) in [5, 5.41) is 3.39. The van der Waals surface area contributed by atoms with Gasteiger partial charge in [0.2, 0.25) is 0 Å². The van der Waals surface area contributed by atoms with Crippen molar-refractivity contribution < 1.29 is 4.74 Å². The molecule has 4 nitrogen and oxygen atoms in total. The summed E-state index contributed by atoms with van der Waals surface area (Å²) < 4.78 is 8.08. The molecule has 4 rings (SSSR count). The Labute approximate surface area is 125 Å². The summed E-state index contributed by atoms with van der Waals surface area (Å²) in [4.78, 5) is 4.60. The fraction of sp³-hybridized carbons (Fsp3) is 0.471. The van der Waals surface area contributed by atoms with Gasteiger partial charge in [-0.25, -0.2) is 4.98 Å². The van der Waals surface area contributed by atoms with Gasteiger partial charge in [0.15, 0.2) is 0 Å². The lowest BCUT2D eigenvalue weighted by Crippen LogP contribution is -2.09. The number of rotatable bonds is 4. The highest BCUT2D eigenvalue weighted by Crippen LogP contribution is 2.64. The van der Waals surface area contributed by atoms with Gasteiger partial charge >= 0.3 is 0 Å². The van der Waals surface area contributed by atoms with E-state index in [1.165, 1.54) is 16.9 Å². The van der Waals surface area contributed by atoms with Crippen LogP contribution in [0.1, 0.15) is 36.9 Å². The SMILES string of the molecule is CCNc1ccc2c(c1)C1C(CO2)C1c1cn(CC)cn1. The third-order valence-electron chi connectivity index (χ3n) is 4.71. The lowest BCUT2D eigenvalue weighted by molar-refractivity contribution is 0.277. The molecule has 2 aliphatic rings. The first-order valence-electron chi connectivity index (χ1n) is 7.84. The predicted octanol–water partition coefficient (Wildman–Crippen LogP) is 3.22. The molecular weight excluding hydrogens is 262 g/mol. The third-order valence-corrected chi connectivity index (χ3v) is 4.71. The minimum Gasteiger partial charge on any atom is -0.493 e. The second kappa shape index (κ2) is 4.79. The van der Waals surface area contributed by atoms with E-state index in [0.717, 1.165) is 25.4 Å². The molecule has 0 amide bonds. The van der Waals surface area contributed by atoms with E-state index in [1.54, 1.807) is 0 Å². The first-order chi connectivity index (χ1) is 10.3. The molecule has 1 aliphatic heterocycles. The number of aryl methyl sites for hydroxylation is 1. The number of imidazole rings is 1. The molecule has 3 unspecified atom stereocenters. The molecule has 4 heteroatoms. The molecule has 0 radical (unpaired) electrons. The first-order valence-corrected chi connectivity index (χ1v) is 7.84. The average molecular weight is 283 g/mol. The summed E-state index contributed by atoms with van der Waals surface area (Å²) in [5.74, 6) is 2.74. The molecule has 0 spiro atoms. The predicted molar refractivity (Wildman–Crippen MR) is 83.0 cm³/mol. The van der Waals surface area contributed by atoms with Gasteiger partial charge < -0.3 is 14.6 Å². The first kappa shape index (κ1) is 12.7. The van der Waals surface area contributed by atoms with Crippen LogP contribution >= 0.6 is 0 Å². The van der Waals surface area contributed by atoms with E-state index in [-0.39, 0.29) is 0 Å². The number of aromatic nitrogens is 2. The summed E-state index contributed by atoms with van der Waals surface area (Å²) in [6, 6.07) is 6.46. The maximum absolute atomic E-state index is 5.93. The van der Waals surface area contributed by atoms with Gasteiger partial charge in [-0.2, -0.15) is 0 Å². The van der Waals surface area contributed by atoms with Gasteiger partial charge in [-0.05, 0) is 32.0 Å². The average Bonchev–Trinajstić information content (AvgIpc) is 3.06. The van der Waals surface area contributed by atoms with E-state index in [9.17, 15) is 0 Å². The second-order valence-electron chi connectivity index (χ2n) is 5.94. The topological polar surface area (TPSA) is 39.1 Å². The fourth-order valence-corrected chi connectivity index (χ4v) is 3.57. The van der Waals surface area contributed by atoms with Crippen molar-refractivity contribution in [2.24, 2.45) is 5.92 Å². The van der Waals surface area contributed by atoms with E-state index in [4.69, 9.17) is 4.74 Å². The number of anilines is 1. The third kappa shape index (κ3) is 2.01. The van der Waals surface area contributed by atoms with Crippen LogP contribution in [0.4, 0.5) is 5.69 Å². The van der Waals surface area contributed by atoms with Crippen LogP contribution in [0, 0.1) is 5.92 Å². The van der Waals surface area contributed by atoms with Gasteiger partial charge in [-0.15, -0.1) is 0 Å². The molecule has 110 valence electrons. The van der Waals surface area contributed by atoms with E-state index in [0.29, 0.717) is 17.8 Å². The van der Waals surface area contributed by atoms with Crippen molar-refractivity contribution in [3.8, 4) is 5.75 Å². The standard InChI is InChI=1S/C17H21N3O/c1-3-18-11-5-6-15-12(7-11)16-13(9-21-15)17(16)14-8-20(4-2)10-19-14/h5-8,10,13,16-18H,3-4,9H2,1-2H3. The minimum absolute atomic E-state index is 0.524. The molecule has 1 aliphatic carbocycles. The number of benzene rings is 1. The van der Waals surface area contributed by atoms with Gasteiger partial charge in [0.25, 0.3) is 0 Å². The molecular formula is C17H21N3O. The lowest BCUT2D eigenvalue weighted by atomic mass is 10.0. The van der Waals surface area contributed by atoms with Crippen LogP contribution in [-0.4, -0.2) is 22.7 Å². The molecule has 2 aromatic rings. The number of nitrogens with one attached hydrogen (secondary N) is 1. The van der Waals surface area contributed by atoms with Crippen LogP contribution in [0.2, 0.25) is 0 Å². The van der Waals surface area contributed by atoms with Crippen molar-refractivity contribution in [2.75, 3.05) is 18.5 Å². The van der Waals surface area contributed by atoms with Gasteiger partial charge in [0.1, 0.15) is 5.75 Å². The Bertz CT molecular complexity index is 664. The molecule has 0 saturated heterocycles. The number of nitrogens with zero attached hydrogens (tertiary/aromatic N) is 2. The van der Waals surface area contributed by atoms with Gasteiger partial charge in [-0.3, -0.25) is 0 Å². The van der Waals surface area contributed by atoms with Crippen molar-refractivity contribution in [2.45, 2.75) is 32.2 Å². The summed E-state index contributed by atoms with van der Waals surface area (Å²) in [5.41, 5.74) is 3.75. The smallest absolute Gasteiger partial charge is 0.122 e. The summed E-state index contributed by atoms with van der Waals surface area (Å²) in [6.07, 6.45) is 4.13. The van der Waals surface area contributed by atoms with Crippen molar-refractivity contribution in [3.63, 3.8) is 0 Å². The lowest BCUT2D eigenvalue weighted by Gasteiger charge is -2.17.